The summed E-state index contributed by atoms with van der Waals surface area (Å²) in [5.74, 6) is -0.392. The van der Waals surface area contributed by atoms with Crippen molar-refractivity contribution >= 4 is 12.0 Å². The summed E-state index contributed by atoms with van der Waals surface area (Å²) < 4.78 is 4.74. The molecule has 19 heavy (non-hydrogen) atoms. The Morgan fingerprint density at radius 1 is 1.42 bits per heavy atom. The molecule has 0 bridgehead atoms. The molecule has 0 aromatic heterocycles. The van der Waals surface area contributed by atoms with Crippen LogP contribution in [0.1, 0.15) is 39.0 Å². The predicted octanol–water partition coefficient (Wildman–Crippen LogP) is 1.35. The van der Waals surface area contributed by atoms with Crippen molar-refractivity contribution in [1.82, 2.24) is 10.6 Å². The van der Waals surface area contributed by atoms with E-state index in [-0.39, 0.29) is 18.6 Å². The normalized spacial score (nSPS) is 24.5. The van der Waals surface area contributed by atoms with Crippen LogP contribution < -0.4 is 10.6 Å². The minimum atomic E-state index is -1.08. The topological polar surface area (TPSA) is 87.7 Å². The molecule has 1 aliphatic carbocycles. The van der Waals surface area contributed by atoms with E-state index >= 15 is 0 Å². The third kappa shape index (κ3) is 5.46. The van der Waals surface area contributed by atoms with Crippen LogP contribution in [0.25, 0.3) is 0 Å². The highest BCUT2D eigenvalue weighted by Crippen LogP contribution is 2.26. The largest absolute Gasteiger partial charge is 0.479 e. The quantitative estimate of drug-likeness (QED) is 0.681. The fourth-order valence-corrected chi connectivity index (χ4v) is 2.49. The number of carbonyl (C=O) groups excluding carboxylic acids is 1. The minimum Gasteiger partial charge on any atom is -0.479 e. The Labute approximate surface area is 113 Å². The van der Waals surface area contributed by atoms with Gasteiger partial charge >= 0.3 is 12.0 Å². The molecule has 3 atom stereocenters. The van der Waals surface area contributed by atoms with Crippen molar-refractivity contribution in [3.8, 4) is 0 Å². The number of urea groups is 1. The van der Waals surface area contributed by atoms with Crippen LogP contribution in [-0.2, 0) is 9.53 Å². The number of amides is 2. The SMILES string of the molecule is CCC1CCCC(NC(=O)NCC(OC)C(=O)O)C1. The number of carbonyl (C=O) groups is 2. The molecule has 0 aromatic carbocycles. The first-order chi connectivity index (χ1) is 9.06. The lowest BCUT2D eigenvalue weighted by molar-refractivity contribution is -0.147. The van der Waals surface area contributed by atoms with E-state index in [0.29, 0.717) is 5.92 Å². The summed E-state index contributed by atoms with van der Waals surface area (Å²) in [6, 6.07) is -0.116. The predicted molar refractivity (Wildman–Crippen MR) is 71.0 cm³/mol. The zero-order valence-corrected chi connectivity index (χ0v) is 11.6. The molecule has 0 spiro atoms. The lowest BCUT2D eigenvalue weighted by Crippen LogP contribution is -2.47. The van der Waals surface area contributed by atoms with Gasteiger partial charge in [0.15, 0.2) is 6.10 Å². The van der Waals surface area contributed by atoms with Gasteiger partial charge in [0, 0.05) is 13.2 Å². The van der Waals surface area contributed by atoms with E-state index in [2.05, 4.69) is 17.6 Å². The van der Waals surface area contributed by atoms with Gasteiger partial charge in [0.05, 0.1) is 6.54 Å². The number of nitrogens with one attached hydrogen (secondary N) is 2. The summed E-state index contributed by atoms with van der Waals surface area (Å²) in [6.45, 7) is 2.14. The summed E-state index contributed by atoms with van der Waals surface area (Å²) in [7, 11) is 1.31. The van der Waals surface area contributed by atoms with Gasteiger partial charge in [-0.3, -0.25) is 0 Å². The first kappa shape index (κ1) is 15.8. The highest BCUT2D eigenvalue weighted by molar-refractivity contribution is 5.77. The molecule has 1 fully saturated rings. The van der Waals surface area contributed by atoms with E-state index in [9.17, 15) is 9.59 Å². The Kier molecular flexibility index (Phi) is 6.62. The van der Waals surface area contributed by atoms with Crippen molar-refractivity contribution in [3.05, 3.63) is 0 Å². The lowest BCUT2D eigenvalue weighted by atomic mass is 9.84. The summed E-state index contributed by atoms with van der Waals surface area (Å²) >= 11 is 0. The Balaban J connectivity index is 2.28. The van der Waals surface area contributed by atoms with Gasteiger partial charge in [0.25, 0.3) is 0 Å². The number of rotatable bonds is 6. The molecule has 0 aromatic rings. The number of hydrogen-bond donors (Lipinski definition) is 3. The van der Waals surface area contributed by atoms with Crippen LogP contribution in [0, 0.1) is 5.92 Å². The number of carboxylic acid groups (broad SMARTS) is 1. The molecular formula is C13H24N2O4. The molecule has 3 unspecified atom stereocenters. The van der Waals surface area contributed by atoms with Crippen LogP contribution in [0.2, 0.25) is 0 Å². The van der Waals surface area contributed by atoms with Gasteiger partial charge in [0.1, 0.15) is 0 Å². The van der Waals surface area contributed by atoms with Gasteiger partial charge in [-0.2, -0.15) is 0 Å². The molecule has 110 valence electrons. The third-order valence-electron chi connectivity index (χ3n) is 3.70. The second-order valence-electron chi connectivity index (χ2n) is 5.05. The monoisotopic (exact) mass is 272 g/mol. The van der Waals surface area contributed by atoms with Gasteiger partial charge in [-0.15, -0.1) is 0 Å². The van der Waals surface area contributed by atoms with Gasteiger partial charge in [-0.25, -0.2) is 9.59 Å². The van der Waals surface area contributed by atoms with E-state index < -0.39 is 12.1 Å². The first-order valence-corrected chi connectivity index (χ1v) is 6.86. The zero-order valence-electron chi connectivity index (χ0n) is 11.6. The fourth-order valence-electron chi connectivity index (χ4n) is 2.49. The van der Waals surface area contributed by atoms with Crippen LogP contribution in [0.4, 0.5) is 4.79 Å². The molecule has 1 saturated carbocycles. The number of methoxy groups -OCH3 is 1. The van der Waals surface area contributed by atoms with Crippen LogP contribution in [0.15, 0.2) is 0 Å². The summed E-state index contributed by atoms with van der Waals surface area (Å²) in [4.78, 5) is 22.4. The van der Waals surface area contributed by atoms with Gasteiger partial charge in [-0.1, -0.05) is 26.2 Å². The number of carboxylic acids is 1. The maximum atomic E-state index is 11.7. The Hall–Kier alpha value is -1.30. The van der Waals surface area contributed by atoms with E-state index in [1.807, 2.05) is 0 Å². The average molecular weight is 272 g/mol. The van der Waals surface area contributed by atoms with Crippen molar-refractivity contribution in [2.75, 3.05) is 13.7 Å². The highest BCUT2D eigenvalue weighted by atomic mass is 16.5. The average Bonchev–Trinajstić information content (AvgIpc) is 2.39. The van der Waals surface area contributed by atoms with Crippen LogP contribution in [-0.4, -0.2) is 42.9 Å². The number of ether oxygens (including phenoxy) is 1. The molecule has 6 nitrogen and oxygen atoms in total. The number of aliphatic carboxylic acids is 1. The van der Waals surface area contributed by atoms with E-state index in [0.717, 1.165) is 25.7 Å². The Morgan fingerprint density at radius 3 is 2.74 bits per heavy atom. The van der Waals surface area contributed by atoms with Crippen LogP contribution in [0.3, 0.4) is 0 Å². The van der Waals surface area contributed by atoms with Crippen molar-refractivity contribution in [2.45, 2.75) is 51.2 Å². The smallest absolute Gasteiger partial charge is 0.334 e. The van der Waals surface area contributed by atoms with Crippen molar-refractivity contribution in [3.63, 3.8) is 0 Å². The molecule has 6 heteroatoms. The Bertz CT molecular complexity index is 309. The Morgan fingerprint density at radius 2 is 2.16 bits per heavy atom. The molecule has 1 aliphatic rings. The molecule has 1 rings (SSSR count). The van der Waals surface area contributed by atoms with Crippen molar-refractivity contribution < 1.29 is 19.4 Å². The second-order valence-corrected chi connectivity index (χ2v) is 5.05. The minimum absolute atomic E-state index is 0.0262. The molecule has 0 radical (unpaired) electrons. The maximum absolute atomic E-state index is 11.7. The van der Waals surface area contributed by atoms with Gasteiger partial charge in [0.2, 0.25) is 0 Å². The van der Waals surface area contributed by atoms with Crippen molar-refractivity contribution in [1.29, 1.82) is 0 Å². The van der Waals surface area contributed by atoms with Gasteiger partial charge < -0.3 is 20.5 Å². The van der Waals surface area contributed by atoms with E-state index in [1.165, 1.54) is 13.5 Å². The van der Waals surface area contributed by atoms with Crippen LogP contribution >= 0.6 is 0 Å². The summed E-state index contributed by atoms with van der Waals surface area (Å²) in [5.41, 5.74) is 0. The van der Waals surface area contributed by atoms with Gasteiger partial charge in [-0.05, 0) is 18.8 Å². The number of hydrogen-bond acceptors (Lipinski definition) is 3. The maximum Gasteiger partial charge on any atom is 0.334 e. The lowest BCUT2D eigenvalue weighted by Gasteiger charge is -2.29. The summed E-state index contributed by atoms with van der Waals surface area (Å²) in [6.07, 6.45) is 4.53. The first-order valence-electron chi connectivity index (χ1n) is 6.86. The molecule has 0 saturated heterocycles. The summed E-state index contributed by atoms with van der Waals surface area (Å²) in [5, 5.41) is 14.2. The van der Waals surface area contributed by atoms with E-state index in [4.69, 9.17) is 9.84 Å². The highest BCUT2D eigenvalue weighted by Gasteiger charge is 2.23. The molecular weight excluding hydrogens is 248 g/mol. The van der Waals surface area contributed by atoms with Crippen molar-refractivity contribution in [2.24, 2.45) is 5.92 Å². The molecule has 0 aliphatic heterocycles. The fraction of sp³-hybridized carbons (Fsp3) is 0.846. The molecule has 0 heterocycles. The second kappa shape index (κ2) is 7.99. The standard InChI is InChI=1S/C13H24N2O4/c1-3-9-5-4-6-10(7-9)15-13(18)14-8-11(19-2)12(16)17/h9-11H,3-8H2,1-2H3,(H,16,17)(H2,14,15,18). The van der Waals surface area contributed by atoms with E-state index in [1.54, 1.807) is 0 Å². The third-order valence-corrected chi connectivity index (χ3v) is 3.70. The zero-order chi connectivity index (χ0) is 14.3. The molecule has 2 amide bonds. The van der Waals surface area contributed by atoms with Crippen LogP contribution in [0.5, 0.6) is 0 Å². The molecule has 3 N–H and O–H groups in total.